The first kappa shape index (κ1) is 15.9. The topological polar surface area (TPSA) is 33.5 Å². The third kappa shape index (κ3) is 2.82. The number of hydrogen-bond acceptors (Lipinski definition) is 2. The summed E-state index contributed by atoms with van der Waals surface area (Å²) in [4.78, 5) is 14.9. The van der Waals surface area contributed by atoms with Crippen LogP contribution in [0.3, 0.4) is 0 Å². The zero-order chi connectivity index (χ0) is 17.6. The van der Waals surface area contributed by atoms with Gasteiger partial charge in [0.2, 0.25) is 5.91 Å². The first-order valence-corrected chi connectivity index (χ1v) is 8.60. The van der Waals surface area contributed by atoms with Crippen molar-refractivity contribution in [3.63, 3.8) is 0 Å². The summed E-state index contributed by atoms with van der Waals surface area (Å²) in [5, 5.41) is 0.984. The zero-order valence-corrected chi connectivity index (χ0v) is 14.4. The van der Waals surface area contributed by atoms with Crippen molar-refractivity contribution < 1.29 is 13.6 Å². The van der Waals surface area contributed by atoms with Crippen molar-refractivity contribution >= 4 is 22.6 Å². The number of carbonyl (C=O) groups excluding carboxylic acids is 1. The van der Waals surface area contributed by atoms with Crippen molar-refractivity contribution in [3.8, 4) is 0 Å². The molecule has 25 heavy (non-hydrogen) atoms. The lowest BCUT2D eigenvalue weighted by atomic mass is 9.95. The Bertz CT molecular complexity index is 960. The molecule has 3 nitrogen and oxygen atoms in total. The van der Waals surface area contributed by atoms with Crippen molar-refractivity contribution in [1.82, 2.24) is 0 Å². The van der Waals surface area contributed by atoms with Gasteiger partial charge in [0.25, 0.3) is 0 Å². The van der Waals surface area contributed by atoms with Gasteiger partial charge in [-0.25, -0.2) is 4.39 Å². The predicted octanol–water partition coefficient (Wildman–Crippen LogP) is 4.79. The number of halogens is 1. The van der Waals surface area contributed by atoms with E-state index in [1.807, 2.05) is 36.9 Å². The molecule has 0 saturated carbocycles. The van der Waals surface area contributed by atoms with E-state index in [-0.39, 0.29) is 24.2 Å². The Morgan fingerprint density at radius 3 is 2.96 bits per heavy atom. The fourth-order valence-electron chi connectivity index (χ4n) is 3.68. The lowest BCUT2D eigenvalue weighted by Gasteiger charge is -2.35. The smallest absolute Gasteiger partial charge is 0.231 e. The number of carbonyl (C=O) groups is 1. The number of hydrogen-bond donors (Lipinski definition) is 0. The maximum absolute atomic E-state index is 13.5. The van der Waals surface area contributed by atoms with Crippen molar-refractivity contribution in [2.75, 3.05) is 4.90 Å². The number of amides is 1. The standard InChI is InChI=1S/C21H20FNO2/c1-13-3-8-20-18(9-13)16(12-25-20)11-21(24)23-14(2)4-5-15-10-17(22)6-7-19(15)23/h3,6-10,12,14H,4-5,11H2,1-2H3. The molecule has 2 aromatic carbocycles. The lowest BCUT2D eigenvalue weighted by molar-refractivity contribution is -0.118. The number of anilines is 1. The Balaban J connectivity index is 1.68. The van der Waals surface area contributed by atoms with Crippen LogP contribution in [0, 0.1) is 12.7 Å². The largest absolute Gasteiger partial charge is 0.464 e. The molecule has 1 aliphatic rings. The van der Waals surface area contributed by atoms with Gasteiger partial charge in [0, 0.05) is 22.7 Å². The third-order valence-electron chi connectivity index (χ3n) is 4.99. The molecule has 1 aliphatic heterocycles. The van der Waals surface area contributed by atoms with Crippen molar-refractivity contribution in [3.05, 3.63) is 65.2 Å². The van der Waals surface area contributed by atoms with Gasteiger partial charge in [0.05, 0.1) is 12.7 Å². The maximum Gasteiger partial charge on any atom is 0.231 e. The molecule has 1 unspecified atom stereocenters. The Kier molecular flexibility index (Phi) is 3.83. The summed E-state index contributed by atoms with van der Waals surface area (Å²) < 4.78 is 19.1. The second kappa shape index (κ2) is 6.03. The Hall–Kier alpha value is -2.62. The average molecular weight is 337 g/mol. The molecule has 128 valence electrons. The highest BCUT2D eigenvalue weighted by atomic mass is 19.1. The molecule has 4 rings (SSSR count). The molecule has 1 amide bonds. The van der Waals surface area contributed by atoms with E-state index in [9.17, 15) is 9.18 Å². The highest BCUT2D eigenvalue weighted by Crippen LogP contribution is 2.32. The molecule has 2 heterocycles. The van der Waals surface area contributed by atoms with Gasteiger partial charge in [-0.2, -0.15) is 0 Å². The van der Waals surface area contributed by atoms with Crippen LogP contribution < -0.4 is 4.90 Å². The van der Waals surface area contributed by atoms with Crippen LogP contribution in [-0.4, -0.2) is 11.9 Å². The summed E-state index contributed by atoms with van der Waals surface area (Å²) in [5.74, 6) is -0.235. The number of nitrogens with zero attached hydrogens (tertiary/aromatic N) is 1. The van der Waals surface area contributed by atoms with E-state index < -0.39 is 0 Å². The van der Waals surface area contributed by atoms with E-state index in [1.165, 1.54) is 12.1 Å². The van der Waals surface area contributed by atoms with Crippen LogP contribution in [0.15, 0.2) is 47.1 Å². The van der Waals surface area contributed by atoms with Crippen LogP contribution in [0.5, 0.6) is 0 Å². The Labute approximate surface area is 146 Å². The van der Waals surface area contributed by atoms with Gasteiger partial charge >= 0.3 is 0 Å². The molecule has 0 radical (unpaired) electrons. The number of benzene rings is 2. The van der Waals surface area contributed by atoms with E-state index in [4.69, 9.17) is 4.42 Å². The molecule has 3 aromatic rings. The van der Waals surface area contributed by atoms with E-state index in [1.54, 1.807) is 12.3 Å². The molecule has 0 saturated heterocycles. The quantitative estimate of drug-likeness (QED) is 0.673. The van der Waals surface area contributed by atoms with E-state index in [2.05, 4.69) is 0 Å². The fourth-order valence-corrected chi connectivity index (χ4v) is 3.68. The van der Waals surface area contributed by atoms with E-state index >= 15 is 0 Å². The third-order valence-corrected chi connectivity index (χ3v) is 4.99. The minimum Gasteiger partial charge on any atom is -0.464 e. The summed E-state index contributed by atoms with van der Waals surface area (Å²) in [5.41, 5.74) is 4.55. The van der Waals surface area contributed by atoms with E-state index in [0.29, 0.717) is 0 Å². The van der Waals surface area contributed by atoms with Crippen LogP contribution in [0.2, 0.25) is 0 Å². The SMILES string of the molecule is Cc1ccc2occ(CC(=O)N3c4ccc(F)cc4CCC3C)c2c1. The number of aryl methyl sites for hydroxylation is 2. The van der Waals surface area contributed by atoms with Crippen LogP contribution in [0.25, 0.3) is 11.0 Å². The van der Waals surface area contributed by atoms with Gasteiger partial charge in [-0.1, -0.05) is 11.6 Å². The minimum absolute atomic E-state index is 0.0178. The summed E-state index contributed by atoms with van der Waals surface area (Å²) in [6.07, 6.45) is 3.58. The maximum atomic E-state index is 13.5. The van der Waals surface area contributed by atoms with Crippen LogP contribution in [0.4, 0.5) is 10.1 Å². The number of furan rings is 1. The Morgan fingerprint density at radius 1 is 1.28 bits per heavy atom. The molecule has 0 spiro atoms. The average Bonchev–Trinajstić information content (AvgIpc) is 2.97. The molecular weight excluding hydrogens is 317 g/mol. The molecule has 0 bridgehead atoms. The lowest BCUT2D eigenvalue weighted by Crippen LogP contribution is -2.43. The van der Waals surface area contributed by atoms with Crippen LogP contribution in [0.1, 0.15) is 30.0 Å². The summed E-state index contributed by atoms with van der Waals surface area (Å²) in [6, 6.07) is 10.8. The van der Waals surface area contributed by atoms with Gasteiger partial charge < -0.3 is 9.32 Å². The van der Waals surface area contributed by atoms with Gasteiger partial charge in [0.15, 0.2) is 0 Å². The fraction of sp³-hybridized carbons (Fsp3) is 0.286. The van der Waals surface area contributed by atoms with Gasteiger partial charge in [-0.3, -0.25) is 4.79 Å². The van der Waals surface area contributed by atoms with Gasteiger partial charge in [-0.15, -0.1) is 0 Å². The monoisotopic (exact) mass is 337 g/mol. The molecular formula is C21H20FNO2. The zero-order valence-electron chi connectivity index (χ0n) is 14.4. The molecule has 0 aliphatic carbocycles. The molecule has 0 fully saturated rings. The second-order valence-electron chi connectivity index (χ2n) is 6.86. The number of rotatable bonds is 2. The molecule has 4 heteroatoms. The van der Waals surface area contributed by atoms with Crippen LogP contribution in [-0.2, 0) is 17.6 Å². The molecule has 0 N–H and O–H groups in total. The molecule has 1 atom stereocenters. The van der Waals surface area contributed by atoms with Gasteiger partial charge in [-0.05, 0) is 62.6 Å². The van der Waals surface area contributed by atoms with Gasteiger partial charge in [0.1, 0.15) is 11.4 Å². The summed E-state index contributed by atoms with van der Waals surface area (Å²) in [6.45, 7) is 4.07. The summed E-state index contributed by atoms with van der Waals surface area (Å²) >= 11 is 0. The predicted molar refractivity (Wildman–Crippen MR) is 96.3 cm³/mol. The second-order valence-corrected chi connectivity index (χ2v) is 6.86. The van der Waals surface area contributed by atoms with Crippen LogP contribution >= 0.6 is 0 Å². The van der Waals surface area contributed by atoms with Crippen molar-refractivity contribution in [1.29, 1.82) is 0 Å². The normalized spacial score (nSPS) is 16.9. The highest BCUT2D eigenvalue weighted by molar-refractivity contribution is 5.98. The molecule has 1 aromatic heterocycles. The van der Waals surface area contributed by atoms with E-state index in [0.717, 1.165) is 46.2 Å². The first-order chi connectivity index (χ1) is 12.0. The summed E-state index contributed by atoms with van der Waals surface area (Å²) in [7, 11) is 0. The minimum atomic E-state index is -0.253. The first-order valence-electron chi connectivity index (χ1n) is 8.60. The number of fused-ring (bicyclic) bond motifs is 2. The van der Waals surface area contributed by atoms with Crippen molar-refractivity contribution in [2.45, 2.75) is 39.2 Å². The highest BCUT2D eigenvalue weighted by Gasteiger charge is 2.29. The Morgan fingerprint density at radius 2 is 2.12 bits per heavy atom. The van der Waals surface area contributed by atoms with Crippen molar-refractivity contribution in [2.24, 2.45) is 0 Å².